The van der Waals surface area contributed by atoms with Gasteiger partial charge in [-0.3, -0.25) is 0 Å². The first-order chi connectivity index (χ1) is 21.2. The van der Waals surface area contributed by atoms with E-state index >= 15 is 0 Å². The van der Waals surface area contributed by atoms with Gasteiger partial charge in [0.05, 0.1) is 42.3 Å². The monoisotopic (exact) mass is 615 g/mol. The molecule has 1 aromatic carbocycles. The third kappa shape index (κ3) is 3.92. The Morgan fingerprint density at radius 2 is 1.95 bits per heavy atom. The first kappa shape index (κ1) is 29.0. The molecule has 44 heavy (non-hydrogen) atoms. The van der Waals surface area contributed by atoms with Crippen LogP contribution in [0.15, 0.2) is 36.0 Å². The predicted molar refractivity (Wildman–Crippen MR) is 168 cm³/mol. The van der Waals surface area contributed by atoms with Gasteiger partial charge in [0.15, 0.2) is 6.29 Å². The van der Waals surface area contributed by atoms with Crippen LogP contribution in [0.4, 0.5) is 4.39 Å². The highest BCUT2D eigenvalue weighted by molar-refractivity contribution is 7.80. The highest BCUT2D eigenvalue weighted by atomic mass is 32.1. The summed E-state index contributed by atoms with van der Waals surface area (Å²) in [6.07, 6.45) is 13.5. The van der Waals surface area contributed by atoms with Crippen LogP contribution >= 0.6 is 12.2 Å². The van der Waals surface area contributed by atoms with Crippen molar-refractivity contribution in [3.05, 3.63) is 53.1 Å². The van der Waals surface area contributed by atoms with Crippen LogP contribution in [-0.2, 0) is 15.9 Å². The average Bonchev–Trinajstić information content (AvgIpc) is 3.66. The number of hydrogen-bond acceptors (Lipinski definition) is 6. The quantitative estimate of drug-likeness (QED) is 0.369. The SMILES string of the molecule is C[C@]12Cc3cnn(-c4ccc(F)cc4)c3C=C1CC[C@@H]1[C@@H]2[C@@H](O)C[C@@]2(C)[C@H]1C[C@H]1O[C@@H](C3CCCCC3)O[C@]12C(=S)CC#N. The minimum atomic E-state index is -0.816. The molecular weight excluding hydrogens is 573 g/mol. The van der Waals surface area contributed by atoms with Crippen LogP contribution in [0.25, 0.3) is 11.8 Å². The molecule has 2 aromatic rings. The minimum Gasteiger partial charge on any atom is -0.393 e. The van der Waals surface area contributed by atoms with Gasteiger partial charge in [0, 0.05) is 16.2 Å². The number of thiocarbonyl (C=S) groups is 1. The summed E-state index contributed by atoms with van der Waals surface area (Å²) in [4.78, 5) is 0.664. The maximum Gasteiger partial charge on any atom is 0.162 e. The normalized spacial score (nSPS) is 41.0. The zero-order valence-electron chi connectivity index (χ0n) is 25.7. The Hall–Kier alpha value is -2.44. The molecule has 8 rings (SSSR count). The molecule has 9 atom stereocenters. The second-order valence-corrected chi connectivity index (χ2v) is 15.5. The van der Waals surface area contributed by atoms with Gasteiger partial charge in [-0.1, -0.05) is 50.9 Å². The molecule has 4 saturated carbocycles. The summed E-state index contributed by atoms with van der Waals surface area (Å²) >= 11 is 6.08. The molecule has 0 unspecified atom stereocenters. The second-order valence-electron chi connectivity index (χ2n) is 15.0. The topological polar surface area (TPSA) is 80.3 Å². The Kier molecular flexibility index (Phi) is 6.78. The molecule has 1 aliphatic heterocycles. The van der Waals surface area contributed by atoms with Gasteiger partial charge in [-0.05, 0) is 104 Å². The van der Waals surface area contributed by atoms with Gasteiger partial charge >= 0.3 is 0 Å². The summed E-state index contributed by atoms with van der Waals surface area (Å²) in [5.41, 5.74) is 3.03. The molecule has 6 aliphatic rings. The number of halogens is 1. The maximum atomic E-state index is 13.6. The number of allylic oxidation sites excluding steroid dienone is 1. The van der Waals surface area contributed by atoms with E-state index in [9.17, 15) is 14.8 Å². The smallest absolute Gasteiger partial charge is 0.162 e. The van der Waals surface area contributed by atoms with Crippen LogP contribution in [0.1, 0.15) is 89.3 Å². The Morgan fingerprint density at radius 3 is 2.70 bits per heavy atom. The van der Waals surface area contributed by atoms with Crippen LogP contribution < -0.4 is 0 Å². The van der Waals surface area contributed by atoms with Crippen molar-refractivity contribution in [2.45, 2.75) is 109 Å². The standard InChI is InChI=1S/C36H42FN3O3S/c1-34-18-22-20-39-40(25-11-9-24(37)10-12-25)28(22)16-23(34)8-13-26-27-17-30-36(31(44)14-15-38,35(27,2)19-29(41)32(26)34)43-33(42-30)21-6-4-3-5-7-21/h9-12,16,20-21,26-27,29-30,32-33,41H,3-8,13-14,17-19H2,1-2H3/t26-,27-,29-,30+,32+,33+,34-,35-,36-/m0/s1. The van der Waals surface area contributed by atoms with Gasteiger partial charge in [-0.2, -0.15) is 10.4 Å². The Bertz CT molecular complexity index is 1560. The lowest BCUT2D eigenvalue weighted by atomic mass is 9.45. The lowest BCUT2D eigenvalue weighted by molar-refractivity contribution is -0.191. The largest absolute Gasteiger partial charge is 0.393 e. The number of aromatic nitrogens is 2. The molecule has 232 valence electrons. The number of rotatable bonds is 4. The van der Waals surface area contributed by atoms with Gasteiger partial charge in [-0.15, -0.1) is 0 Å². The number of nitrogens with zero attached hydrogens (tertiary/aromatic N) is 3. The van der Waals surface area contributed by atoms with Crippen molar-refractivity contribution in [3.8, 4) is 11.8 Å². The van der Waals surface area contributed by atoms with Crippen molar-refractivity contribution in [3.63, 3.8) is 0 Å². The van der Waals surface area contributed by atoms with Crippen molar-refractivity contribution in [2.24, 2.45) is 34.5 Å². The van der Waals surface area contributed by atoms with Crippen molar-refractivity contribution in [1.29, 1.82) is 5.26 Å². The maximum absolute atomic E-state index is 13.6. The number of benzene rings is 1. The van der Waals surface area contributed by atoms with Crippen LogP contribution in [-0.4, -0.2) is 43.9 Å². The fourth-order valence-electron chi connectivity index (χ4n) is 11.1. The van der Waals surface area contributed by atoms with Crippen LogP contribution in [0.2, 0.25) is 0 Å². The average molecular weight is 616 g/mol. The third-order valence-electron chi connectivity index (χ3n) is 12.9. The van der Waals surface area contributed by atoms with Gasteiger partial charge in [0.2, 0.25) is 0 Å². The molecule has 0 spiro atoms. The molecule has 0 bridgehead atoms. The molecule has 1 N–H and O–H groups in total. The number of aliphatic hydroxyl groups excluding tert-OH is 1. The number of ether oxygens (including phenoxy) is 2. The summed E-state index contributed by atoms with van der Waals surface area (Å²) in [7, 11) is 0. The molecule has 2 heterocycles. The fraction of sp³-hybridized carbons (Fsp3) is 0.639. The first-order valence-corrected chi connectivity index (χ1v) is 17.1. The molecule has 1 aromatic heterocycles. The van der Waals surface area contributed by atoms with E-state index in [4.69, 9.17) is 26.8 Å². The van der Waals surface area contributed by atoms with Crippen molar-refractivity contribution >= 4 is 23.2 Å². The number of aliphatic hydroxyl groups is 1. The summed E-state index contributed by atoms with van der Waals surface area (Å²) in [5.74, 6) is 0.785. The number of hydrogen-bond donors (Lipinski definition) is 1. The summed E-state index contributed by atoms with van der Waals surface area (Å²) in [6, 6.07) is 8.80. The second kappa shape index (κ2) is 10.3. The van der Waals surface area contributed by atoms with Crippen molar-refractivity contribution in [1.82, 2.24) is 9.78 Å². The first-order valence-electron chi connectivity index (χ1n) is 16.6. The molecule has 0 radical (unpaired) electrons. The lowest BCUT2D eigenvalue weighted by Gasteiger charge is -2.61. The minimum absolute atomic E-state index is 0.0949. The lowest BCUT2D eigenvalue weighted by Crippen LogP contribution is -2.63. The van der Waals surface area contributed by atoms with Gasteiger partial charge in [0.1, 0.15) is 11.4 Å². The van der Waals surface area contributed by atoms with E-state index < -0.39 is 17.1 Å². The van der Waals surface area contributed by atoms with Crippen molar-refractivity contribution in [2.75, 3.05) is 0 Å². The molecular formula is C36H42FN3O3S. The zero-order valence-corrected chi connectivity index (χ0v) is 26.5. The van der Waals surface area contributed by atoms with E-state index in [0.717, 1.165) is 49.9 Å². The molecule has 5 aliphatic carbocycles. The van der Waals surface area contributed by atoms with E-state index in [-0.39, 0.29) is 41.9 Å². The van der Waals surface area contributed by atoms with Gasteiger partial charge < -0.3 is 14.6 Å². The Morgan fingerprint density at radius 1 is 1.18 bits per heavy atom. The van der Waals surface area contributed by atoms with Crippen molar-refractivity contribution < 1.29 is 19.0 Å². The summed E-state index contributed by atoms with van der Waals surface area (Å²) in [6.45, 7) is 4.63. The number of fused-ring (bicyclic) bond motifs is 8. The Labute approximate surface area is 264 Å². The van der Waals surface area contributed by atoms with E-state index in [1.807, 2.05) is 10.9 Å². The highest BCUT2D eigenvalue weighted by Gasteiger charge is 2.75. The molecule has 8 heteroatoms. The van der Waals surface area contributed by atoms with Gasteiger partial charge in [0.25, 0.3) is 0 Å². The van der Waals surface area contributed by atoms with E-state index in [1.54, 1.807) is 12.1 Å². The Balaban J connectivity index is 1.13. The van der Waals surface area contributed by atoms with Crippen LogP contribution in [0.5, 0.6) is 0 Å². The predicted octanol–water partition coefficient (Wildman–Crippen LogP) is 7.12. The molecule has 0 amide bonds. The zero-order chi connectivity index (χ0) is 30.4. The molecule has 6 nitrogen and oxygen atoms in total. The van der Waals surface area contributed by atoms with E-state index in [0.29, 0.717) is 23.1 Å². The summed E-state index contributed by atoms with van der Waals surface area (Å²) in [5, 5.41) is 26.7. The van der Waals surface area contributed by atoms with E-state index in [1.165, 1.54) is 42.5 Å². The summed E-state index contributed by atoms with van der Waals surface area (Å²) < 4.78 is 29.5. The highest BCUT2D eigenvalue weighted by Crippen LogP contribution is 2.70. The van der Waals surface area contributed by atoms with Crippen LogP contribution in [0.3, 0.4) is 0 Å². The third-order valence-corrected chi connectivity index (χ3v) is 13.4. The fourth-order valence-corrected chi connectivity index (χ4v) is 11.5. The van der Waals surface area contributed by atoms with Gasteiger partial charge in [-0.25, -0.2) is 9.07 Å². The van der Waals surface area contributed by atoms with Crippen LogP contribution in [0, 0.1) is 51.6 Å². The van der Waals surface area contributed by atoms with E-state index in [2.05, 4.69) is 26.0 Å². The number of nitriles is 1. The molecule has 5 fully saturated rings. The molecule has 1 saturated heterocycles.